The molecule has 1 saturated heterocycles. The van der Waals surface area contributed by atoms with Crippen LogP contribution < -0.4 is 5.32 Å². The smallest absolute Gasteiger partial charge is 0.371 e. The summed E-state index contributed by atoms with van der Waals surface area (Å²) in [5.41, 5.74) is 0.950. The van der Waals surface area contributed by atoms with E-state index in [1.165, 1.54) is 12.1 Å². The highest BCUT2D eigenvalue weighted by Gasteiger charge is 2.19. The first kappa shape index (κ1) is 16.8. The minimum Gasteiger partial charge on any atom is -0.475 e. The number of carbonyl (C=O) groups is 3. The molecule has 0 atom stereocenters. The van der Waals surface area contributed by atoms with Crippen LogP contribution in [0.25, 0.3) is 0 Å². The molecular formula is C18H18N2O5. The number of carboxylic acids is 1. The Kier molecular flexibility index (Phi) is 4.83. The fraction of sp³-hybridized carbons (Fsp3) is 0.278. The molecule has 7 nitrogen and oxygen atoms in total. The number of hydrogen-bond donors (Lipinski definition) is 2. The summed E-state index contributed by atoms with van der Waals surface area (Å²) in [6.45, 7) is 1.50. The summed E-state index contributed by atoms with van der Waals surface area (Å²) >= 11 is 0. The van der Waals surface area contributed by atoms with Gasteiger partial charge in [-0.15, -0.1) is 0 Å². The van der Waals surface area contributed by atoms with Gasteiger partial charge in [0.2, 0.25) is 5.76 Å². The van der Waals surface area contributed by atoms with E-state index < -0.39 is 11.9 Å². The Bertz CT molecular complexity index is 805. The van der Waals surface area contributed by atoms with E-state index in [0.717, 1.165) is 32.4 Å². The quantitative estimate of drug-likeness (QED) is 0.890. The topological polar surface area (TPSA) is 99.8 Å². The molecule has 1 aliphatic heterocycles. The molecule has 0 bridgehead atoms. The van der Waals surface area contributed by atoms with Crippen molar-refractivity contribution in [3.05, 3.63) is 53.5 Å². The van der Waals surface area contributed by atoms with Gasteiger partial charge in [0.25, 0.3) is 11.8 Å². The zero-order valence-electron chi connectivity index (χ0n) is 13.5. The number of nitrogens with one attached hydrogen (secondary N) is 1. The van der Waals surface area contributed by atoms with E-state index in [0.29, 0.717) is 11.3 Å². The molecule has 1 fully saturated rings. The molecule has 1 aliphatic rings. The Morgan fingerprint density at radius 1 is 1.00 bits per heavy atom. The average molecular weight is 342 g/mol. The van der Waals surface area contributed by atoms with Gasteiger partial charge in [-0.1, -0.05) is 6.07 Å². The number of aromatic carboxylic acids is 1. The SMILES string of the molecule is O=C(O)c1ccc(C(=O)Nc2cccc(C(=O)N3CCCCC3)c2)o1. The first-order chi connectivity index (χ1) is 12.0. The van der Waals surface area contributed by atoms with E-state index in [1.54, 1.807) is 24.3 Å². The fourth-order valence-corrected chi connectivity index (χ4v) is 2.78. The number of piperidine rings is 1. The molecular weight excluding hydrogens is 324 g/mol. The Labute approximate surface area is 144 Å². The van der Waals surface area contributed by atoms with Crippen molar-refractivity contribution in [2.75, 3.05) is 18.4 Å². The van der Waals surface area contributed by atoms with E-state index in [4.69, 9.17) is 9.52 Å². The molecule has 2 amide bonds. The van der Waals surface area contributed by atoms with E-state index in [2.05, 4.69) is 5.32 Å². The van der Waals surface area contributed by atoms with Crippen LogP contribution in [0.1, 0.15) is 50.7 Å². The predicted molar refractivity (Wildman–Crippen MR) is 89.8 cm³/mol. The largest absolute Gasteiger partial charge is 0.475 e. The second-order valence-corrected chi connectivity index (χ2v) is 5.86. The number of amides is 2. The van der Waals surface area contributed by atoms with Crippen LogP contribution >= 0.6 is 0 Å². The summed E-state index contributed by atoms with van der Waals surface area (Å²) in [6, 6.07) is 9.18. The van der Waals surface area contributed by atoms with Gasteiger partial charge in [0.05, 0.1) is 0 Å². The minimum atomic E-state index is -1.24. The van der Waals surface area contributed by atoms with Crippen molar-refractivity contribution in [1.29, 1.82) is 0 Å². The lowest BCUT2D eigenvalue weighted by Crippen LogP contribution is -2.35. The monoisotopic (exact) mass is 342 g/mol. The molecule has 130 valence electrons. The summed E-state index contributed by atoms with van der Waals surface area (Å²) in [5, 5.41) is 11.4. The Hall–Kier alpha value is -3.09. The highest BCUT2D eigenvalue weighted by molar-refractivity contribution is 6.04. The number of carboxylic acid groups (broad SMARTS) is 1. The van der Waals surface area contributed by atoms with E-state index in [-0.39, 0.29) is 17.4 Å². The second-order valence-electron chi connectivity index (χ2n) is 5.86. The third kappa shape index (κ3) is 3.88. The lowest BCUT2D eigenvalue weighted by Gasteiger charge is -2.26. The Morgan fingerprint density at radius 3 is 2.40 bits per heavy atom. The van der Waals surface area contributed by atoms with Crippen molar-refractivity contribution in [3.63, 3.8) is 0 Å². The normalized spacial score (nSPS) is 14.2. The van der Waals surface area contributed by atoms with Gasteiger partial charge in [-0.3, -0.25) is 9.59 Å². The molecule has 2 N–H and O–H groups in total. The first-order valence-electron chi connectivity index (χ1n) is 8.08. The number of hydrogen-bond acceptors (Lipinski definition) is 4. The molecule has 2 aromatic rings. The van der Waals surface area contributed by atoms with Crippen molar-refractivity contribution in [2.45, 2.75) is 19.3 Å². The van der Waals surface area contributed by atoms with Crippen LogP contribution in [0.5, 0.6) is 0 Å². The van der Waals surface area contributed by atoms with Crippen molar-refractivity contribution in [3.8, 4) is 0 Å². The molecule has 25 heavy (non-hydrogen) atoms. The summed E-state index contributed by atoms with van der Waals surface area (Å²) in [5.74, 6) is -2.28. The summed E-state index contributed by atoms with van der Waals surface area (Å²) < 4.78 is 4.97. The van der Waals surface area contributed by atoms with Crippen LogP contribution in [0.15, 0.2) is 40.8 Å². The molecule has 1 aromatic heterocycles. The van der Waals surface area contributed by atoms with Crippen LogP contribution in [0, 0.1) is 0 Å². The third-order valence-corrected chi connectivity index (χ3v) is 4.05. The van der Waals surface area contributed by atoms with Crippen LogP contribution in [0.2, 0.25) is 0 Å². The first-order valence-corrected chi connectivity index (χ1v) is 8.08. The second kappa shape index (κ2) is 7.21. The Morgan fingerprint density at radius 2 is 1.72 bits per heavy atom. The summed E-state index contributed by atoms with van der Waals surface area (Å²) in [4.78, 5) is 37.3. The standard InChI is InChI=1S/C18H18N2O5/c21-16(14-7-8-15(25-14)18(23)24)19-13-6-4-5-12(11-13)17(22)20-9-2-1-3-10-20/h4-8,11H,1-3,9-10H2,(H,19,21)(H,23,24). The van der Waals surface area contributed by atoms with Gasteiger partial charge in [0.1, 0.15) is 0 Å². The van der Waals surface area contributed by atoms with Gasteiger partial charge < -0.3 is 19.7 Å². The number of carbonyl (C=O) groups excluding carboxylic acids is 2. The fourth-order valence-electron chi connectivity index (χ4n) is 2.78. The number of anilines is 1. The molecule has 7 heteroatoms. The number of likely N-dealkylation sites (tertiary alicyclic amines) is 1. The maximum absolute atomic E-state index is 12.5. The zero-order valence-corrected chi connectivity index (χ0v) is 13.5. The van der Waals surface area contributed by atoms with Crippen LogP contribution in [0.4, 0.5) is 5.69 Å². The van der Waals surface area contributed by atoms with Gasteiger partial charge in [-0.05, 0) is 49.6 Å². The molecule has 1 aromatic carbocycles. The molecule has 0 radical (unpaired) electrons. The molecule has 0 aliphatic carbocycles. The average Bonchev–Trinajstić information content (AvgIpc) is 3.13. The van der Waals surface area contributed by atoms with Gasteiger partial charge in [-0.25, -0.2) is 4.79 Å². The van der Waals surface area contributed by atoms with Crippen molar-refractivity contribution in [2.24, 2.45) is 0 Å². The number of furan rings is 1. The van der Waals surface area contributed by atoms with E-state index in [9.17, 15) is 14.4 Å². The third-order valence-electron chi connectivity index (χ3n) is 4.05. The zero-order chi connectivity index (χ0) is 17.8. The number of nitrogens with zero attached hydrogens (tertiary/aromatic N) is 1. The maximum atomic E-state index is 12.5. The van der Waals surface area contributed by atoms with Crippen LogP contribution in [-0.4, -0.2) is 40.9 Å². The molecule has 0 unspecified atom stereocenters. The highest BCUT2D eigenvalue weighted by atomic mass is 16.4. The maximum Gasteiger partial charge on any atom is 0.371 e. The van der Waals surface area contributed by atoms with Gasteiger partial charge in [-0.2, -0.15) is 0 Å². The van der Waals surface area contributed by atoms with Crippen molar-refractivity contribution in [1.82, 2.24) is 4.90 Å². The molecule has 0 saturated carbocycles. The van der Waals surface area contributed by atoms with Crippen LogP contribution in [0.3, 0.4) is 0 Å². The molecule has 3 rings (SSSR count). The summed E-state index contributed by atoms with van der Waals surface area (Å²) in [6.07, 6.45) is 3.15. The molecule has 2 heterocycles. The van der Waals surface area contributed by atoms with E-state index in [1.807, 2.05) is 4.90 Å². The summed E-state index contributed by atoms with van der Waals surface area (Å²) in [7, 11) is 0. The minimum absolute atomic E-state index is 0.0537. The van der Waals surface area contributed by atoms with Gasteiger partial charge in [0.15, 0.2) is 5.76 Å². The molecule has 0 spiro atoms. The lowest BCUT2D eigenvalue weighted by atomic mass is 10.1. The van der Waals surface area contributed by atoms with Gasteiger partial charge >= 0.3 is 5.97 Å². The van der Waals surface area contributed by atoms with E-state index >= 15 is 0 Å². The predicted octanol–water partition coefficient (Wildman–Crippen LogP) is 2.86. The Balaban J connectivity index is 1.71. The lowest BCUT2D eigenvalue weighted by molar-refractivity contribution is 0.0659. The van der Waals surface area contributed by atoms with Crippen molar-refractivity contribution < 1.29 is 23.9 Å². The van der Waals surface area contributed by atoms with Crippen LogP contribution in [-0.2, 0) is 0 Å². The van der Waals surface area contributed by atoms with Gasteiger partial charge in [0, 0.05) is 24.3 Å². The number of rotatable bonds is 4. The number of benzene rings is 1. The highest BCUT2D eigenvalue weighted by Crippen LogP contribution is 2.17. The van der Waals surface area contributed by atoms with Crippen molar-refractivity contribution >= 4 is 23.5 Å².